The predicted octanol–water partition coefficient (Wildman–Crippen LogP) is 5.59. The molecule has 0 saturated carbocycles. The summed E-state index contributed by atoms with van der Waals surface area (Å²) in [4.78, 5) is 15.6. The number of rotatable bonds is 5. The Morgan fingerprint density at radius 3 is 2.14 bits per heavy atom. The molecule has 3 aromatic carbocycles. The zero-order chi connectivity index (χ0) is 19.3. The Labute approximate surface area is 163 Å². The fourth-order valence-corrected chi connectivity index (χ4v) is 3.01. The summed E-state index contributed by atoms with van der Waals surface area (Å²) in [6, 6.07) is 29.0. The van der Waals surface area contributed by atoms with Crippen LogP contribution in [0, 0.1) is 0 Å². The first kappa shape index (κ1) is 17.5. The maximum atomic E-state index is 11.0. The minimum Gasteiger partial charge on any atom is -0.478 e. The molecule has 1 N–H and O–H groups in total. The summed E-state index contributed by atoms with van der Waals surface area (Å²) < 4.78 is 1.97. The largest absolute Gasteiger partial charge is 0.478 e. The number of hydrogen-bond acceptors (Lipinski definition) is 2. The van der Waals surface area contributed by atoms with E-state index in [4.69, 9.17) is 5.11 Å². The van der Waals surface area contributed by atoms with Crippen LogP contribution in [0.3, 0.4) is 0 Å². The average molecular weight is 366 g/mol. The quantitative estimate of drug-likeness (QED) is 0.468. The molecule has 0 atom stereocenters. The van der Waals surface area contributed by atoms with Gasteiger partial charge in [-0.25, -0.2) is 4.79 Å². The maximum absolute atomic E-state index is 11.0. The van der Waals surface area contributed by atoms with E-state index in [0.717, 1.165) is 22.6 Å². The van der Waals surface area contributed by atoms with Crippen LogP contribution >= 0.6 is 0 Å². The van der Waals surface area contributed by atoms with E-state index >= 15 is 0 Å². The Balaban J connectivity index is 1.54. The van der Waals surface area contributed by atoms with Crippen LogP contribution in [0.4, 0.5) is 5.69 Å². The van der Waals surface area contributed by atoms with E-state index in [1.165, 1.54) is 5.56 Å². The molecule has 0 unspecified atom stereocenters. The highest BCUT2D eigenvalue weighted by Gasteiger charge is 2.05. The van der Waals surface area contributed by atoms with Crippen LogP contribution in [-0.4, -0.2) is 21.9 Å². The van der Waals surface area contributed by atoms with Gasteiger partial charge in [-0.05, 0) is 59.7 Å². The molecule has 0 amide bonds. The zero-order valence-electron chi connectivity index (χ0n) is 15.1. The van der Waals surface area contributed by atoms with Crippen molar-refractivity contribution in [2.45, 2.75) is 0 Å². The molecule has 1 aromatic heterocycles. The number of carboxylic acids is 1. The first-order valence-corrected chi connectivity index (χ1v) is 8.91. The van der Waals surface area contributed by atoms with E-state index in [1.54, 1.807) is 24.3 Å². The molecule has 28 heavy (non-hydrogen) atoms. The number of aromatic nitrogens is 1. The molecule has 1 heterocycles. The third kappa shape index (κ3) is 3.76. The van der Waals surface area contributed by atoms with Gasteiger partial charge >= 0.3 is 5.97 Å². The van der Waals surface area contributed by atoms with Crippen molar-refractivity contribution in [3.8, 4) is 16.8 Å². The van der Waals surface area contributed by atoms with Gasteiger partial charge in [0.15, 0.2) is 0 Å². The number of carbonyl (C=O) groups is 1. The lowest BCUT2D eigenvalue weighted by Crippen LogP contribution is -2.00. The van der Waals surface area contributed by atoms with Gasteiger partial charge in [0.2, 0.25) is 0 Å². The summed E-state index contributed by atoms with van der Waals surface area (Å²) in [6.45, 7) is 0. The molecular weight excluding hydrogens is 348 g/mol. The van der Waals surface area contributed by atoms with Crippen molar-refractivity contribution < 1.29 is 9.90 Å². The van der Waals surface area contributed by atoms with Crippen molar-refractivity contribution in [2.75, 3.05) is 0 Å². The highest BCUT2D eigenvalue weighted by atomic mass is 16.4. The number of hydrogen-bond donors (Lipinski definition) is 1. The molecule has 0 aliphatic carbocycles. The summed E-state index contributed by atoms with van der Waals surface area (Å²) >= 11 is 0. The van der Waals surface area contributed by atoms with Gasteiger partial charge in [-0.15, -0.1) is 0 Å². The van der Waals surface area contributed by atoms with Crippen molar-refractivity contribution in [3.63, 3.8) is 0 Å². The first-order valence-electron chi connectivity index (χ1n) is 8.91. The number of carboxylic acid groups (broad SMARTS) is 1. The normalized spacial score (nSPS) is 11.0. The number of aliphatic imine (C=N–C) groups is 1. The molecule has 0 bridgehead atoms. The first-order chi connectivity index (χ1) is 13.7. The Morgan fingerprint density at radius 1 is 0.786 bits per heavy atom. The molecule has 4 aromatic rings. The van der Waals surface area contributed by atoms with Crippen LogP contribution in [0.1, 0.15) is 16.1 Å². The second-order valence-electron chi connectivity index (χ2n) is 6.33. The molecule has 0 aliphatic heterocycles. The summed E-state index contributed by atoms with van der Waals surface area (Å²) in [5.74, 6) is -0.931. The van der Waals surface area contributed by atoms with Gasteiger partial charge in [0.05, 0.1) is 23.2 Å². The summed E-state index contributed by atoms with van der Waals surface area (Å²) in [6.07, 6.45) is 3.73. The standard InChI is InChI=1S/C24H18N2O2/c27-24(28)20-10-14-22(15-11-20)26-16-4-7-23(26)17-25-21-12-8-19(9-13-21)18-5-2-1-3-6-18/h1-17H,(H,27,28). The van der Waals surface area contributed by atoms with Gasteiger partial charge in [0.1, 0.15) is 0 Å². The fourth-order valence-electron chi connectivity index (χ4n) is 3.01. The van der Waals surface area contributed by atoms with Crippen LogP contribution in [0.25, 0.3) is 16.8 Å². The monoisotopic (exact) mass is 366 g/mol. The second-order valence-corrected chi connectivity index (χ2v) is 6.33. The smallest absolute Gasteiger partial charge is 0.335 e. The van der Waals surface area contributed by atoms with E-state index in [2.05, 4.69) is 29.3 Å². The molecule has 0 radical (unpaired) electrons. The molecule has 4 rings (SSSR count). The van der Waals surface area contributed by atoms with Gasteiger partial charge < -0.3 is 9.67 Å². The van der Waals surface area contributed by atoms with Gasteiger partial charge in [0, 0.05) is 11.9 Å². The topological polar surface area (TPSA) is 54.6 Å². The lowest BCUT2D eigenvalue weighted by Gasteiger charge is -2.07. The Hall–Kier alpha value is -3.92. The molecule has 4 heteroatoms. The van der Waals surface area contributed by atoms with Crippen LogP contribution in [0.15, 0.2) is 102 Å². The summed E-state index contributed by atoms with van der Waals surface area (Å²) in [5.41, 5.74) is 5.27. The molecule has 0 spiro atoms. The summed E-state index contributed by atoms with van der Waals surface area (Å²) in [7, 11) is 0. The van der Waals surface area contributed by atoms with Gasteiger partial charge in [-0.1, -0.05) is 42.5 Å². The lowest BCUT2D eigenvalue weighted by atomic mass is 10.1. The molecule has 0 aliphatic rings. The molecule has 4 nitrogen and oxygen atoms in total. The van der Waals surface area contributed by atoms with E-state index in [1.807, 2.05) is 59.4 Å². The van der Waals surface area contributed by atoms with Crippen LogP contribution in [-0.2, 0) is 0 Å². The maximum Gasteiger partial charge on any atom is 0.335 e. The molecular formula is C24H18N2O2. The zero-order valence-corrected chi connectivity index (χ0v) is 15.1. The van der Waals surface area contributed by atoms with Crippen molar-refractivity contribution in [3.05, 3.63) is 108 Å². The van der Waals surface area contributed by atoms with Crippen LogP contribution in [0.2, 0.25) is 0 Å². The SMILES string of the molecule is O=C(O)c1ccc(-n2cccc2C=Nc2ccc(-c3ccccc3)cc2)cc1. The predicted molar refractivity (Wildman–Crippen MR) is 112 cm³/mol. The third-order valence-corrected chi connectivity index (χ3v) is 4.49. The average Bonchev–Trinajstić information content (AvgIpc) is 3.22. The van der Waals surface area contributed by atoms with Crippen molar-refractivity contribution in [1.82, 2.24) is 4.57 Å². The fraction of sp³-hybridized carbons (Fsp3) is 0. The van der Waals surface area contributed by atoms with E-state index in [-0.39, 0.29) is 5.56 Å². The third-order valence-electron chi connectivity index (χ3n) is 4.49. The highest BCUT2D eigenvalue weighted by molar-refractivity contribution is 5.88. The van der Waals surface area contributed by atoms with E-state index in [9.17, 15) is 4.79 Å². The minimum atomic E-state index is -0.931. The highest BCUT2D eigenvalue weighted by Crippen LogP contribution is 2.22. The van der Waals surface area contributed by atoms with Gasteiger partial charge in [0.25, 0.3) is 0 Å². The van der Waals surface area contributed by atoms with Gasteiger partial charge in [-0.2, -0.15) is 0 Å². The van der Waals surface area contributed by atoms with E-state index < -0.39 is 5.97 Å². The number of aromatic carboxylic acids is 1. The Kier molecular flexibility index (Phi) is 4.85. The Morgan fingerprint density at radius 2 is 1.46 bits per heavy atom. The van der Waals surface area contributed by atoms with Crippen molar-refractivity contribution in [2.24, 2.45) is 4.99 Å². The van der Waals surface area contributed by atoms with Crippen LogP contribution < -0.4 is 0 Å². The van der Waals surface area contributed by atoms with E-state index in [0.29, 0.717) is 0 Å². The van der Waals surface area contributed by atoms with Gasteiger partial charge in [-0.3, -0.25) is 4.99 Å². The Bertz CT molecular complexity index is 1110. The van der Waals surface area contributed by atoms with Crippen molar-refractivity contribution >= 4 is 17.9 Å². The lowest BCUT2D eigenvalue weighted by molar-refractivity contribution is 0.0697. The number of benzene rings is 3. The summed E-state index contributed by atoms with van der Waals surface area (Å²) in [5, 5.41) is 9.04. The molecule has 0 fully saturated rings. The second kappa shape index (κ2) is 7.76. The van der Waals surface area contributed by atoms with Crippen molar-refractivity contribution in [1.29, 1.82) is 0 Å². The number of nitrogens with zero attached hydrogens (tertiary/aromatic N) is 2. The molecule has 136 valence electrons. The minimum absolute atomic E-state index is 0.268. The van der Waals surface area contributed by atoms with Crippen LogP contribution in [0.5, 0.6) is 0 Å². The molecule has 0 saturated heterocycles.